The summed E-state index contributed by atoms with van der Waals surface area (Å²) in [5.74, 6) is -0.981. The van der Waals surface area contributed by atoms with Gasteiger partial charge in [-0.15, -0.1) is 0 Å². The lowest BCUT2D eigenvalue weighted by Crippen LogP contribution is -2.37. The smallest absolute Gasteiger partial charge is 0.421 e. The predicted molar refractivity (Wildman–Crippen MR) is 105 cm³/mol. The van der Waals surface area contributed by atoms with Crippen LogP contribution < -0.4 is 10.6 Å². The Morgan fingerprint density at radius 1 is 1.33 bits per heavy atom. The molecule has 3 heterocycles. The van der Waals surface area contributed by atoms with Gasteiger partial charge in [-0.1, -0.05) is 0 Å². The number of halogens is 3. The third kappa shape index (κ3) is 4.12. The van der Waals surface area contributed by atoms with E-state index in [1.807, 2.05) is 0 Å². The molecule has 1 fully saturated rings. The number of ether oxygens (including phenoxy) is 1. The maximum absolute atomic E-state index is 13.2. The van der Waals surface area contributed by atoms with Crippen molar-refractivity contribution in [2.75, 3.05) is 23.8 Å². The van der Waals surface area contributed by atoms with Crippen molar-refractivity contribution in [2.24, 2.45) is 0 Å². The van der Waals surface area contributed by atoms with E-state index in [4.69, 9.17) is 28.3 Å². The summed E-state index contributed by atoms with van der Waals surface area (Å²) in [5, 5.41) is 7.51. The second kappa shape index (κ2) is 7.55. The Kier molecular flexibility index (Phi) is 5.55. The van der Waals surface area contributed by atoms with Gasteiger partial charge in [0.2, 0.25) is 5.95 Å². The molecule has 0 spiro atoms. The first-order valence-corrected chi connectivity index (χ1v) is 8.96. The first-order chi connectivity index (χ1) is 13.9. The van der Waals surface area contributed by atoms with Crippen LogP contribution in [0.5, 0.6) is 0 Å². The minimum atomic E-state index is -4.64. The number of anilines is 3. The van der Waals surface area contributed by atoms with Crippen LogP contribution in [-0.2, 0) is 26.4 Å². The van der Waals surface area contributed by atoms with Crippen LogP contribution in [0.4, 0.5) is 30.8 Å². The third-order valence-electron chi connectivity index (χ3n) is 4.61. The quantitative estimate of drug-likeness (QED) is 0.542. The average Bonchev–Trinajstić information content (AvgIpc) is 3.19. The van der Waals surface area contributed by atoms with Crippen LogP contribution in [-0.4, -0.2) is 62.4 Å². The molecule has 0 aliphatic carbocycles. The van der Waals surface area contributed by atoms with Crippen molar-refractivity contribution < 1.29 is 22.7 Å². The summed E-state index contributed by atoms with van der Waals surface area (Å²) in [6.07, 6.45) is -3.62. The molecular weight excluding hydrogens is 398 g/mol. The summed E-state index contributed by atoms with van der Waals surface area (Å²) in [7, 11) is 17.3. The van der Waals surface area contributed by atoms with Crippen molar-refractivity contribution in [1.82, 2.24) is 19.7 Å². The third-order valence-corrected chi connectivity index (χ3v) is 4.61. The first-order valence-electron chi connectivity index (χ1n) is 8.96. The lowest BCUT2D eigenvalue weighted by molar-refractivity contribution is -0.142. The molecule has 30 heavy (non-hydrogen) atoms. The molecule has 152 valence electrons. The molecule has 6 radical (unpaired) electrons. The number of nitrogens with one attached hydrogen (secondary N) is 2. The van der Waals surface area contributed by atoms with Crippen LogP contribution in [0.25, 0.3) is 0 Å². The zero-order valence-corrected chi connectivity index (χ0v) is 16.2. The van der Waals surface area contributed by atoms with Crippen LogP contribution in [0.15, 0.2) is 12.3 Å². The molecule has 0 saturated carbocycles. The fraction of sp³-hybridized carbons (Fsp3) is 0.500. The highest BCUT2D eigenvalue weighted by atomic mass is 19.4. The fourth-order valence-corrected chi connectivity index (χ4v) is 2.94. The number of nitrogens with zero attached hydrogens (tertiary/aromatic N) is 4. The molecule has 0 bridgehead atoms. The molecule has 0 aromatic carbocycles. The summed E-state index contributed by atoms with van der Waals surface area (Å²) in [6, 6.07) is 1.45. The van der Waals surface area contributed by atoms with Crippen LogP contribution in [0.2, 0.25) is 0 Å². The Morgan fingerprint density at radius 3 is 2.57 bits per heavy atom. The summed E-state index contributed by atoms with van der Waals surface area (Å²) in [6.45, 7) is 3.70. The summed E-state index contributed by atoms with van der Waals surface area (Å²) in [4.78, 5) is 19.7. The molecule has 8 nitrogen and oxygen atoms in total. The molecule has 2 N–H and O–H groups in total. The molecule has 2 aromatic heterocycles. The average molecular weight is 414 g/mol. The van der Waals surface area contributed by atoms with E-state index >= 15 is 0 Å². The number of hydrogen-bond acceptors (Lipinski definition) is 7. The monoisotopic (exact) mass is 414 g/mol. The van der Waals surface area contributed by atoms with Crippen LogP contribution >= 0.6 is 0 Å². The second-order valence-electron chi connectivity index (χ2n) is 7.04. The number of hydrogen-bond donors (Lipinski definition) is 2. The van der Waals surface area contributed by atoms with Gasteiger partial charge in [0.1, 0.15) is 22.6 Å². The predicted octanol–water partition coefficient (Wildman–Crippen LogP) is 1.15. The number of carbonyl (C=O) groups excluding carboxylic acids is 1. The van der Waals surface area contributed by atoms with Gasteiger partial charge in [0, 0.05) is 25.2 Å². The maximum atomic E-state index is 13.2. The van der Waals surface area contributed by atoms with Crippen LogP contribution in [0, 0.1) is 0 Å². The lowest BCUT2D eigenvalue weighted by Gasteiger charge is -2.24. The zero-order valence-electron chi connectivity index (χ0n) is 16.2. The topological polar surface area (TPSA) is 94.0 Å². The minimum absolute atomic E-state index is 0.0839. The molecular formula is C16H16B3F3N6O2. The van der Waals surface area contributed by atoms with E-state index in [0.717, 1.165) is 4.68 Å². The molecule has 0 amide bonds. The highest BCUT2D eigenvalue weighted by Crippen LogP contribution is 2.36. The van der Waals surface area contributed by atoms with Crippen molar-refractivity contribution in [3.8, 4) is 0 Å². The van der Waals surface area contributed by atoms with Gasteiger partial charge in [-0.3, -0.25) is 9.48 Å². The van der Waals surface area contributed by atoms with Crippen molar-refractivity contribution >= 4 is 47.1 Å². The van der Waals surface area contributed by atoms with Gasteiger partial charge in [0.15, 0.2) is 0 Å². The van der Waals surface area contributed by atoms with Gasteiger partial charge < -0.3 is 15.4 Å². The van der Waals surface area contributed by atoms with Crippen molar-refractivity contribution in [2.45, 2.75) is 37.1 Å². The summed E-state index contributed by atoms with van der Waals surface area (Å²) < 4.78 is 45.5. The Labute approximate surface area is 174 Å². The SMILES string of the molecule is [B]C([B])([B])n1nc([C@@]2(C)CCOC2=O)cc1Nc1ncc(C(F)(F)F)c(NCC)n1. The van der Waals surface area contributed by atoms with Gasteiger partial charge >= 0.3 is 12.1 Å². The fourth-order valence-electron chi connectivity index (χ4n) is 2.94. The molecule has 3 rings (SSSR count). The number of esters is 1. The van der Waals surface area contributed by atoms with Gasteiger partial charge in [-0.25, -0.2) is 4.98 Å². The summed E-state index contributed by atoms with van der Waals surface area (Å²) in [5.41, 5.74) is -1.80. The molecule has 0 unspecified atom stereocenters. The van der Waals surface area contributed by atoms with E-state index in [1.165, 1.54) is 6.07 Å². The van der Waals surface area contributed by atoms with Gasteiger partial charge in [-0.2, -0.15) is 23.3 Å². The highest BCUT2D eigenvalue weighted by molar-refractivity contribution is 6.56. The second-order valence-corrected chi connectivity index (χ2v) is 7.04. The van der Waals surface area contributed by atoms with Crippen molar-refractivity contribution in [3.05, 3.63) is 23.5 Å². The number of cyclic esters (lactones) is 1. The van der Waals surface area contributed by atoms with Gasteiger partial charge in [0.05, 0.1) is 35.8 Å². The molecule has 14 heteroatoms. The van der Waals surface area contributed by atoms with Crippen LogP contribution in [0.3, 0.4) is 0 Å². The normalized spacial score (nSPS) is 19.6. The van der Waals surface area contributed by atoms with Gasteiger partial charge in [-0.05, 0) is 19.1 Å². The Hall–Kier alpha value is -2.66. The zero-order chi connectivity index (χ0) is 22.3. The molecule has 2 aromatic rings. The number of carbonyl (C=O) groups is 1. The number of aromatic nitrogens is 4. The standard InChI is InChI=1S/C16H16B3F3N6O2/c1-3-23-11-8(15(20,21)22)7-24-13(26-11)25-10-6-9(27-28(10)16(17,18)19)14(2)4-5-30-12(14)29/h6-7H,3-5H2,1-2H3,(H2,23,24,25,26)/t14-/m1/s1. The molecule has 1 saturated heterocycles. The molecule has 1 aliphatic rings. The lowest BCUT2D eigenvalue weighted by atomic mass is 9.49. The molecule has 1 aliphatic heterocycles. The maximum Gasteiger partial charge on any atom is 0.421 e. The Balaban J connectivity index is 2.02. The van der Waals surface area contributed by atoms with E-state index in [9.17, 15) is 18.0 Å². The van der Waals surface area contributed by atoms with Crippen LogP contribution in [0.1, 0.15) is 31.5 Å². The van der Waals surface area contributed by atoms with E-state index in [-0.39, 0.29) is 30.6 Å². The van der Waals surface area contributed by atoms with E-state index in [1.54, 1.807) is 13.8 Å². The first kappa shape index (κ1) is 22.0. The Bertz CT molecular complexity index is 963. The Morgan fingerprint density at radius 2 is 2.03 bits per heavy atom. The highest BCUT2D eigenvalue weighted by Gasteiger charge is 2.44. The van der Waals surface area contributed by atoms with Crippen molar-refractivity contribution in [3.63, 3.8) is 0 Å². The minimum Gasteiger partial charge on any atom is -0.465 e. The largest absolute Gasteiger partial charge is 0.465 e. The van der Waals surface area contributed by atoms with E-state index in [0.29, 0.717) is 12.6 Å². The van der Waals surface area contributed by atoms with Gasteiger partial charge in [0.25, 0.3) is 0 Å². The molecule has 1 atom stereocenters. The number of rotatable bonds is 6. The number of alkyl halides is 3. The van der Waals surface area contributed by atoms with E-state index in [2.05, 4.69) is 25.7 Å². The summed E-state index contributed by atoms with van der Waals surface area (Å²) >= 11 is 0. The van der Waals surface area contributed by atoms with E-state index < -0.39 is 34.2 Å². The van der Waals surface area contributed by atoms with Crippen molar-refractivity contribution in [1.29, 1.82) is 0 Å².